The largest absolute Gasteiger partial charge is 0.377 e. The Kier molecular flexibility index (Phi) is 5.87. The smallest absolute Gasteiger partial charge is 0.228 e. The lowest BCUT2D eigenvalue weighted by Crippen LogP contribution is -2.46. The summed E-state index contributed by atoms with van der Waals surface area (Å²) in [5, 5.41) is 0.873. The van der Waals surface area contributed by atoms with Gasteiger partial charge in [0.2, 0.25) is 5.91 Å². The summed E-state index contributed by atoms with van der Waals surface area (Å²) in [5.74, 6) is 0.596. The molecule has 4 unspecified atom stereocenters. The van der Waals surface area contributed by atoms with E-state index in [2.05, 4.69) is 29.8 Å². The topological polar surface area (TPSA) is 38.8 Å². The minimum Gasteiger partial charge on any atom is -0.377 e. The van der Waals surface area contributed by atoms with Crippen LogP contribution in [0, 0.1) is 11.8 Å². The first kappa shape index (κ1) is 16.2. The van der Waals surface area contributed by atoms with Crippen molar-refractivity contribution < 1.29 is 14.3 Å². The summed E-state index contributed by atoms with van der Waals surface area (Å²) in [6, 6.07) is 0. The van der Waals surface area contributed by atoms with Gasteiger partial charge >= 0.3 is 0 Å². The lowest BCUT2D eigenvalue weighted by atomic mass is 9.88. The van der Waals surface area contributed by atoms with Gasteiger partial charge in [-0.05, 0) is 32.6 Å². The molecular weight excluding hydrogens is 322 g/mol. The number of ether oxygens (including phenoxy) is 2. The zero-order chi connectivity index (χ0) is 14.7. The third kappa shape index (κ3) is 3.55. The molecule has 0 N–H and O–H groups in total. The quantitative estimate of drug-likeness (QED) is 0.733. The van der Waals surface area contributed by atoms with Crippen molar-refractivity contribution in [1.29, 1.82) is 0 Å². The highest BCUT2D eigenvalue weighted by molar-refractivity contribution is 9.09. The van der Waals surface area contributed by atoms with E-state index in [-0.39, 0.29) is 24.0 Å². The number of amides is 1. The Balaban J connectivity index is 1.85. The monoisotopic (exact) mass is 347 g/mol. The van der Waals surface area contributed by atoms with Crippen molar-refractivity contribution in [2.24, 2.45) is 11.8 Å². The minimum atomic E-state index is 0.0185. The molecule has 1 amide bonds. The van der Waals surface area contributed by atoms with Gasteiger partial charge < -0.3 is 14.4 Å². The van der Waals surface area contributed by atoms with Gasteiger partial charge in [-0.2, -0.15) is 0 Å². The number of nitrogens with zero attached hydrogens (tertiary/aromatic N) is 1. The molecule has 2 fully saturated rings. The summed E-state index contributed by atoms with van der Waals surface area (Å²) in [4.78, 5) is 14.7. The highest BCUT2D eigenvalue weighted by Gasteiger charge is 2.43. The highest BCUT2D eigenvalue weighted by Crippen LogP contribution is 2.34. The molecular formula is C15H26BrNO3. The predicted octanol–water partition coefficient (Wildman–Crippen LogP) is 2.45. The summed E-state index contributed by atoms with van der Waals surface area (Å²) in [6.45, 7) is 8.60. The van der Waals surface area contributed by atoms with Crippen molar-refractivity contribution in [2.45, 2.75) is 51.9 Å². The predicted molar refractivity (Wildman–Crippen MR) is 82.0 cm³/mol. The zero-order valence-electron chi connectivity index (χ0n) is 12.7. The molecule has 0 aliphatic carbocycles. The van der Waals surface area contributed by atoms with Gasteiger partial charge in [-0.3, -0.25) is 4.79 Å². The minimum absolute atomic E-state index is 0.0185. The molecule has 0 aromatic rings. The van der Waals surface area contributed by atoms with Gasteiger partial charge in [0.1, 0.15) is 0 Å². The fourth-order valence-corrected chi connectivity index (χ4v) is 3.54. The first-order chi connectivity index (χ1) is 9.54. The summed E-state index contributed by atoms with van der Waals surface area (Å²) in [7, 11) is 0. The second-order valence-electron chi connectivity index (χ2n) is 6.02. The Morgan fingerprint density at radius 2 is 1.90 bits per heavy atom. The molecule has 4 nitrogen and oxygen atoms in total. The van der Waals surface area contributed by atoms with Gasteiger partial charge in [0.25, 0.3) is 0 Å². The van der Waals surface area contributed by atoms with Crippen molar-refractivity contribution in [3.63, 3.8) is 0 Å². The fraction of sp³-hybridized carbons (Fsp3) is 0.933. The Morgan fingerprint density at radius 1 is 1.25 bits per heavy atom. The number of alkyl halides is 1. The maximum atomic E-state index is 12.7. The lowest BCUT2D eigenvalue weighted by Gasteiger charge is -2.34. The number of carbonyl (C=O) groups is 1. The summed E-state index contributed by atoms with van der Waals surface area (Å²) >= 11 is 3.37. The maximum Gasteiger partial charge on any atom is 0.228 e. The van der Waals surface area contributed by atoms with Crippen LogP contribution in [0.25, 0.3) is 0 Å². The Morgan fingerprint density at radius 3 is 2.40 bits per heavy atom. The summed E-state index contributed by atoms with van der Waals surface area (Å²) < 4.78 is 11.5. The van der Waals surface area contributed by atoms with Crippen LogP contribution < -0.4 is 0 Å². The summed E-state index contributed by atoms with van der Waals surface area (Å²) in [5.41, 5.74) is 0. The van der Waals surface area contributed by atoms with E-state index >= 15 is 0 Å². The summed E-state index contributed by atoms with van der Waals surface area (Å²) in [6.07, 6.45) is 2.42. The van der Waals surface area contributed by atoms with Crippen molar-refractivity contribution >= 4 is 21.8 Å². The van der Waals surface area contributed by atoms with Gasteiger partial charge in [-0.1, -0.05) is 22.9 Å². The Labute approximate surface area is 130 Å². The molecule has 0 aromatic heterocycles. The van der Waals surface area contributed by atoms with Crippen LogP contribution in [-0.2, 0) is 14.3 Å². The van der Waals surface area contributed by atoms with E-state index in [9.17, 15) is 4.79 Å². The molecule has 20 heavy (non-hydrogen) atoms. The normalized spacial score (nSPS) is 35.5. The van der Waals surface area contributed by atoms with E-state index in [1.807, 2.05) is 11.8 Å². The maximum absolute atomic E-state index is 12.7. The van der Waals surface area contributed by atoms with Crippen LogP contribution in [0.3, 0.4) is 0 Å². The molecule has 4 atom stereocenters. The molecule has 2 saturated heterocycles. The molecule has 0 radical (unpaired) electrons. The average Bonchev–Trinajstić information content (AvgIpc) is 2.70. The van der Waals surface area contributed by atoms with Gasteiger partial charge in [0.05, 0.1) is 30.8 Å². The highest BCUT2D eigenvalue weighted by atomic mass is 79.9. The number of hydrogen-bond donors (Lipinski definition) is 0. The number of halogens is 1. The molecule has 2 heterocycles. The van der Waals surface area contributed by atoms with Crippen molar-refractivity contribution in [2.75, 3.05) is 25.0 Å². The standard InChI is InChI=1S/C15H26BrNO3/c1-10-11(2)20-12(3)14(10)15(18)17-7-4-13(5-8-17)19-9-6-16/h10-14H,4-9H2,1-3H3. The van der Waals surface area contributed by atoms with Crippen LogP contribution in [0.4, 0.5) is 0 Å². The lowest BCUT2D eigenvalue weighted by molar-refractivity contribution is -0.140. The molecule has 116 valence electrons. The van der Waals surface area contributed by atoms with Gasteiger partial charge in [-0.15, -0.1) is 0 Å². The van der Waals surface area contributed by atoms with E-state index in [4.69, 9.17) is 9.47 Å². The molecule has 2 aliphatic heterocycles. The SMILES string of the molecule is CC1OC(C)C(C(=O)N2CCC(OCCBr)CC2)C1C. The van der Waals surface area contributed by atoms with Crippen LogP contribution in [0.2, 0.25) is 0 Å². The van der Waals surface area contributed by atoms with E-state index < -0.39 is 0 Å². The fourth-order valence-electron chi connectivity index (χ4n) is 3.36. The van der Waals surface area contributed by atoms with E-state index in [1.165, 1.54) is 0 Å². The molecule has 2 aliphatic rings. The van der Waals surface area contributed by atoms with Crippen molar-refractivity contribution in [1.82, 2.24) is 4.90 Å². The van der Waals surface area contributed by atoms with E-state index in [0.29, 0.717) is 12.0 Å². The second-order valence-corrected chi connectivity index (χ2v) is 6.81. The van der Waals surface area contributed by atoms with Crippen LogP contribution in [-0.4, -0.2) is 54.1 Å². The van der Waals surface area contributed by atoms with Crippen LogP contribution >= 0.6 is 15.9 Å². The number of carbonyl (C=O) groups excluding carboxylic acids is 1. The zero-order valence-corrected chi connectivity index (χ0v) is 14.3. The van der Waals surface area contributed by atoms with Crippen LogP contribution in [0.5, 0.6) is 0 Å². The first-order valence-corrected chi connectivity index (χ1v) is 8.78. The first-order valence-electron chi connectivity index (χ1n) is 7.66. The molecule has 0 saturated carbocycles. The Bertz CT molecular complexity index is 331. The number of likely N-dealkylation sites (tertiary alicyclic amines) is 1. The molecule has 0 bridgehead atoms. The van der Waals surface area contributed by atoms with Crippen molar-refractivity contribution in [3.05, 3.63) is 0 Å². The van der Waals surface area contributed by atoms with E-state index in [0.717, 1.165) is 37.9 Å². The number of hydrogen-bond acceptors (Lipinski definition) is 3. The average molecular weight is 348 g/mol. The second kappa shape index (κ2) is 7.23. The molecule has 0 spiro atoms. The van der Waals surface area contributed by atoms with Gasteiger partial charge in [0.15, 0.2) is 0 Å². The third-order valence-electron chi connectivity index (χ3n) is 4.71. The molecule has 2 rings (SSSR count). The molecule has 5 heteroatoms. The van der Waals surface area contributed by atoms with E-state index in [1.54, 1.807) is 0 Å². The number of piperidine rings is 1. The van der Waals surface area contributed by atoms with Crippen LogP contribution in [0.15, 0.2) is 0 Å². The van der Waals surface area contributed by atoms with Gasteiger partial charge in [0, 0.05) is 18.4 Å². The van der Waals surface area contributed by atoms with Crippen molar-refractivity contribution in [3.8, 4) is 0 Å². The van der Waals surface area contributed by atoms with Crippen LogP contribution in [0.1, 0.15) is 33.6 Å². The van der Waals surface area contributed by atoms with Gasteiger partial charge in [-0.25, -0.2) is 0 Å². The molecule has 0 aromatic carbocycles. The third-order valence-corrected chi connectivity index (χ3v) is 5.04. The Hall–Kier alpha value is -0.130. The number of rotatable bonds is 4.